The highest BCUT2D eigenvalue weighted by Crippen LogP contribution is 2.28. The van der Waals surface area contributed by atoms with Crippen LogP contribution >= 0.6 is 11.9 Å². The fraction of sp³-hybridized carbons (Fsp3) is 0.345. The Kier molecular flexibility index (Phi) is 7.21. The molecule has 0 saturated heterocycles. The molecule has 0 fully saturated rings. The summed E-state index contributed by atoms with van der Waals surface area (Å²) in [6.07, 6.45) is 5.80. The third-order valence-corrected chi connectivity index (χ3v) is 8.00. The van der Waals surface area contributed by atoms with Gasteiger partial charge in [0.25, 0.3) is 0 Å². The van der Waals surface area contributed by atoms with E-state index >= 15 is 0 Å². The van der Waals surface area contributed by atoms with Crippen LogP contribution in [0, 0.1) is 13.8 Å². The maximum Gasteiger partial charge on any atom is 0.329 e. The summed E-state index contributed by atoms with van der Waals surface area (Å²) in [5.74, 6) is 0.761. The van der Waals surface area contributed by atoms with E-state index in [4.69, 9.17) is 0 Å². The number of carbonyl (C=O) groups is 1. The molecule has 5 aromatic rings. The van der Waals surface area contributed by atoms with Crippen LogP contribution in [-0.2, 0) is 25.4 Å². The summed E-state index contributed by atoms with van der Waals surface area (Å²) >= 11 is 1.21. The number of benzene rings is 2. The first kappa shape index (κ1) is 25.9. The van der Waals surface area contributed by atoms with E-state index in [0.29, 0.717) is 6.54 Å². The average molecular weight is 531 g/mol. The Morgan fingerprint density at radius 2 is 1.74 bits per heavy atom. The van der Waals surface area contributed by atoms with Crippen LogP contribution in [0.2, 0.25) is 0 Å². The van der Waals surface area contributed by atoms with E-state index in [-0.39, 0.29) is 24.1 Å². The van der Waals surface area contributed by atoms with Gasteiger partial charge in [0.1, 0.15) is 10.9 Å². The number of rotatable bonds is 9. The van der Waals surface area contributed by atoms with Crippen molar-refractivity contribution in [3.8, 4) is 0 Å². The molecule has 0 spiro atoms. The minimum atomic E-state index is -0.251. The van der Waals surface area contributed by atoms with Crippen LogP contribution in [0.5, 0.6) is 0 Å². The summed E-state index contributed by atoms with van der Waals surface area (Å²) in [5, 5.41) is 1.93. The Morgan fingerprint density at radius 3 is 2.45 bits per heavy atom. The highest BCUT2D eigenvalue weighted by molar-refractivity contribution is 7.97. The monoisotopic (exact) mass is 530 g/mol. The lowest BCUT2D eigenvalue weighted by molar-refractivity contribution is -0.120. The Bertz CT molecular complexity index is 1670. The largest absolute Gasteiger partial charge is 0.350 e. The molecule has 0 saturated carbocycles. The fourth-order valence-electron chi connectivity index (χ4n) is 5.36. The molecule has 3 aromatic heterocycles. The molecular formula is C29H34N6O2S. The minimum Gasteiger partial charge on any atom is -0.350 e. The molecule has 198 valence electrons. The van der Waals surface area contributed by atoms with Crippen molar-refractivity contribution in [2.24, 2.45) is 14.1 Å². The van der Waals surface area contributed by atoms with Gasteiger partial charge in [-0.3, -0.25) is 18.7 Å². The van der Waals surface area contributed by atoms with E-state index in [0.717, 1.165) is 45.8 Å². The minimum absolute atomic E-state index is 0.0870. The maximum atomic E-state index is 14.0. The zero-order chi connectivity index (χ0) is 27.0. The molecule has 3 heterocycles. The van der Waals surface area contributed by atoms with Gasteiger partial charge in [-0.2, -0.15) is 0 Å². The van der Waals surface area contributed by atoms with Crippen LogP contribution in [0.4, 0.5) is 0 Å². The molecule has 0 aliphatic carbocycles. The van der Waals surface area contributed by atoms with Gasteiger partial charge in [-0.25, -0.2) is 9.78 Å². The van der Waals surface area contributed by atoms with E-state index in [2.05, 4.69) is 52.5 Å². The number of hydrogen-bond donors (Lipinski definition) is 1. The van der Waals surface area contributed by atoms with Gasteiger partial charge in [0, 0.05) is 61.8 Å². The molecule has 0 radical (unpaired) electrons. The smallest absolute Gasteiger partial charge is 0.329 e. The van der Waals surface area contributed by atoms with Crippen LogP contribution in [0.25, 0.3) is 21.9 Å². The van der Waals surface area contributed by atoms with Gasteiger partial charge < -0.3 is 9.13 Å². The van der Waals surface area contributed by atoms with Gasteiger partial charge >= 0.3 is 5.69 Å². The van der Waals surface area contributed by atoms with Gasteiger partial charge in [-0.15, -0.1) is 0 Å². The second-order valence-electron chi connectivity index (χ2n) is 9.97. The second kappa shape index (κ2) is 10.6. The van der Waals surface area contributed by atoms with Crippen molar-refractivity contribution in [1.82, 2.24) is 28.0 Å². The van der Waals surface area contributed by atoms with Crippen LogP contribution in [0.15, 0.2) is 64.7 Å². The van der Waals surface area contributed by atoms with Crippen LogP contribution in [0.1, 0.15) is 49.2 Å². The van der Waals surface area contributed by atoms with Gasteiger partial charge in [0.2, 0.25) is 5.91 Å². The van der Waals surface area contributed by atoms with Crippen LogP contribution in [-0.4, -0.2) is 29.2 Å². The molecule has 38 heavy (non-hydrogen) atoms. The molecule has 0 bridgehead atoms. The lowest BCUT2D eigenvalue weighted by Gasteiger charge is -2.17. The Hall–Kier alpha value is -3.72. The van der Waals surface area contributed by atoms with Crippen molar-refractivity contribution in [3.63, 3.8) is 0 Å². The van der Waals surface area contributed by atoms with Crippen molar-refractivity contribution in [2.75, 3.05) is 0 Å². The number of amides is 1. The predicted octanol–water partition coefficient (Wildman–Crippen LogP) is 5.25. The van der Waals surface area contributed by atoms with Gasteiger partial charge in [0.05, 0.1) is 17.6 Å². The quantitative estimate of drug-likeness (QED) is 0.264. The van der Waals surface area contributed by atoms with Crippen molar-refractivity contribution >= 4 is 39.8 Å². The van der Waals surface area contributed by atoms with Gasteiger partial charge in [-0.1, -0.05) is 37.6 Å². The number of imidazole rings is 2. The van der Waals surface area contributed by atoms with E-state index in [9.17, 15) is 9.59 Å². The SMILES string of the molecule is CCC[C@@H](CC(=O)NSc1cn(C)c(C)n1)n1c(=O)n(Cc2cn(C)c3cccc(C)c23)c2ccccc21. The first-order valence-corrected chi connectivity index (χ1v) is 13.8. The normalized spacial score (nSPS) is 12.4. The molecule has 5 rings (SSSR count). The predicted molar refractivity (Wildman–Crippen MR) is 153 cm³/mol. The summed E-state index contributed by atoms with van der Waals surface area (Å²) < 4.78 is 10.6. The molecule has 1 atom stereocenters. The standard InChI is InChI=1S/C29H34N6O2S/c1-6-10-22(15-26(36)31-38-27-18-32(4)20(3)30-27)35-24-13-8-7-12-23(24)34(29(35)37)17-21-16-33(5)25-14-9-11-19(2)28(21)25/h7-9,11-14,16,18,22H,6,10,15,17H2,1-5H3,(H,31,36)/t22-/m0/s1. The summed E-state index contributed by atoms with van der Waals surface area (Å²) in [6.45, 7) is 6.58. The topological polar surface area (TPSA) is 78.8 Å². The second-order valence-corrected chi connectivity index (χ2v) is 10.8. The molecule has 0 aliphatic heterocycles. The third kappa shape index (κ3) is 4.78. The van der Waals surface area contributed by atoms with E-state index in [1.54, 1.807) is 0 Å². The van der Waals surface area contributed by atoms with E-state index < -0.39 is 0 Å². The molecule has 0 unspecified atom stereocenters. The molecule has 1 amide bonds. The molecule has 9 heteroatoms. The van der Waals surface area contributed by atoms with E-state index in [1.807, 2.05) is 65.2 Å². The molecule has 1 N–H and O–H groups in total. The lowest BCUT2D eigenvalue weighted by atomic mass is 10.1. The van der Waals surface area contributed by atoms with E-state index in [1.165, 1.54) is 22.9 Å². The number of fused-ring (bicyclic) bond motifs is 2. The molecule has 2 aromatic carbocycles. The highest BCUT2D eigenvalue weighted by atomic mass is 32.2. The van der Waals surface area contributed by atoms with Gasteiger partial charge in [-0.05, 0) is 49.6 Å². The Labute approximate surface area is 226 Å². The van der Waals surface area contributed by atoms with Crippen molar-refractivity contribution in [2.45, 2.75) is 57.6 Å². The first-order valence-electron chi connectivity index (χ1n) is 13.0. The number of hydrogen-bond acceptors (Lipinski definition) is 4. The Morgan fingerprint density at radius 1 is 1.00 bits per heavy atom. The molecule has 0 aliphatic rings. The zero-order valence-electron chi connectivity index (χ0n) is 22.6. The summed E-state index contributed by atoms with van der Waals surface area (Å²) in [4.78, 5) is 31.4. The van der Waals surface area contributed by atoms with Gasteiger partial charge in [0.15, 0.2) is 0 Å². The third-order valence-electron chi connectivity index (χ3n) is 7.26. The summed E-state index contributed by atoms with van der Waals surface area (Å²) in [5.41, 5.74) is 5.10. The first-order chi connectivity index (χ1) is 18.3. The average Bonchev–Trinajstić information content (AvgIpc) is 3.49. The molecular weight excluding hydrogens is 496 g/mol. The number of nitrogens with one attached hydrogen (secondary N) is 1. The number of carbonyl (C=O) groups excluding carboxylic acids is 1. The summed E-state index contributed by atoms with van der Waals surface area (Å²) in [7, 11) is 3.96. The maximum absolute atomic E-state index is 14.0. The highest BCUT2D eigenvalue weighted by Gasteiger charge is 2.23. The van der Waals surface area contributed by atoms with Crippen molar-refractivity contribution in [1.29, 1.82) is 0 Å². The lowest BCUT2D eigenvalue weighted by Crippen LogP contribution is -2.30. The summed E-state index contributed by atoms with van der Waals surface area (Å²) in [6, 6.07) is 13.9. The number of aryl methyl sites for hydroxylation is 4. The number of nitrogens with zero attached hydrogens (tertiary/aromatic N) is 5. The van der Waals surface area contributed by atoms with Crippen molar-refractivity contribution < 1.29 is 4.79 Å². The van der Waals surface area contributed by atoms with Crippen LogP contribution in [0.3, 0.4) is 0 Å². The fourth-order valence-corrected chi connectivity index (χ4v) is 6.05. The van der Waals surface area contributed by atoms with Crippen molar-refractivity contribution in [3.05, 3.63) is 82.3 Å². The van der Waals surface area contributed by atoms with Crippen LogP contribution < -0.4 is 10.4 Å². The number of para-hydroxylation sites is 2. The number of aromatic nitrogens is 5. The molecule has 8 nitrogen and oxygen atoms in total. The Balaban J connectivity index is 1.48. The zero-order valence-corrected chi connectivity index (χ0v) is 23.4.